The van der Waals surface area contributed by atoms with Crippen molar-refractivity contribution >= 4 is 15.9 Å². The molecule has 2 aromatic rings. The molecular weight excluding hydrogens is 284 g/mol. The van der Waals surface area contributed by atoms with Crippen molar-refractivity contribution < 1.29 is 9.84 Å². The molecule has 4 nitrogen and oxygen atoms in total. The van der Waals surface area contributed by atoms with E-state index >= 15 is 0 Å². The van der Waals surface area contributed by atoms with Crippen LogP contribution in [0.5, 0.6) is 5.75 Å². The van der Waals surface area contributed by atoms with Crippen molar-refractivity contribution in [2.45, 2.75) is 13.2 Å². The lowest BCUT2D eigenvalue weighted by Crippen LogP contribution is -2.04. The first kappa shape index (κ1) is 12.1. The largest absolute Gasteiger partial charge is 0.485 e. The number of imidazole rings is 1. The van der Waals surface area contributed by atoms with Crippen LogP contribution in [0.1, 0.15) is 11.4 Å². The van der Waals surface area contributed by atoms with Gasteiger partial charge in [-0.3, -0.25) is 0 Å². The number of ether oxygens (including phenoxy) is 1. The molecule has 0 aliphatic rings. The van der Waals surface area contributed by atoms with E-state index in [1.807, 2.05) is 36.0 Å². The molecule has 5 heteroatoms. The Labute approximate surface area is 108 Å². The molecule has 0 aliphatic carbocycles. The summed E-state index contributed by atoms with van der Waals surface area (Å²) in [6.07, 6.45) is 3.60. The number of rotatable bonds is 4. The first-order chi connectivity index (χ1) is 8.20. The third kappa shape index (κ3) is 2.87. The summed E-state index contributed by atoms with van der Waals surface area (Å²) in [6.45, 7) is 0.341. The van der Waals surface area contributed by atoms with Crippen molar-refractivity contribution in [3.05, 3.63) is 46.5 Å². The van der Waals surface area contributed by atoms with Gasteiger partial charge in [0.1, 0.15) is 18.2 Å². The minimum Gasteiger partial charge on any atom is -0.485 e. The molecule has 90 valence electrons. The Morgan fingerprint density at radius 1 is 1.47 bits per heavy atom. The predicted octanol–water partition coefficient (Wildman–Crippen LogP) is 2.25. The van der Waals surface area contributed by atoms with Gasteiger partial charge in [-0.15, -0.1) is 0 Å². The summed E-state index contributed by atoms with van der Waals surface area (Å²) in [5.41, 5.74) is 0.758. The Hall–Kier alpha value is -1.33. The third-order valence-corrected chi connectivity index (χ3v) is 2.96. The number of benzene rings is 1. The number of aromatic nitrogens is 2. The van der Waals surface area contributed by atoms with Gasteiger partial charge in [-0.25, -0.2) is 4.98 Å². The Morgan fingerprint density at radius 2 is 2.29 bits per heavy atom. The van der Waals surface area contributed by atoms with Crippen molar-refractivity contribution in [2.24, 2.45) is 7.05 Å². The van der Waals surface area contributed by atoms with E-state index in [1.54, 1.807) is 6.20 Å². The van der Waals surface area contributed by atoms with Crippen LogP contribution in [0, 0.1) is 0 Å². The van der Waals surface area contributed by atoms with Crippen LogP contribution >= 0.6 is 15.9 Å². The molecule has 0 bridgehead atoms. The standard InChI is InChI=1S/C12H13BrN2O2/c1-15-5-4-14-12(15)8-17-11-3-2-10(13)6-9(11)7-16/h2-6,16H,7-8H2,1H3. The lowest BCUT2D eigenvalue weighted by molar-refractivity contribution is 0.254. The highest BCUT2D eigenvalue weighted by Gasteiger charge is 2.05. The van der Waals surface area contributed by atoms with Gasteiger partial charge in [0.25, 0.3) is 0 Å². The van der Waals surface area contributed by atoms with E-state index in [-0.39, 0.29) is 6.61 Å². The van der Waals surface area contributed by atoms with Crippen LogP contribution in [0.2, 0.25) is 0 Å². The monoisotopic (exact) mass is 296 g/mol. The molecule has 2 rings (SSSR count). The molecule has 0 unspecified atom stereocenters. The normalized spacial score (nSPS) is 10.5. The SMILES string of the molecule is Cn1ccnc1COc1ccc(Br)cc1CO. The summed E-state index contributed by atoms with van der Waals surface area (Å²) in [4.78, 5) is 4.17. The number of hydrogen-bond acceptors (Lipinski definition) is 3. The average Bonchev–Trinajstić information content (AvgIpc) is 2.73. The summed E-state index contributed by atoms with van der Waals surface area (Å²) in [6, 6.07) is 5.55. The van der Waals surface area contributed by atoms with Crippen molar-refractivity contribution in [3.63, 3.8) is 0 Å². The van der Waals surface area contributed by atoms with E-state index in [2.05, 4.69) is 20.9 Å². The van der Waals surface area contributed by atoms with Crippen molar-refractivity contribution in [2.75, 3.05) is 0 Å². The second-order valence-electron chi connectivity index (χ2n) is 3.65. The number of nitrogens with zero attached hydrogens (tertiary/aromatic N) is 2. The van der Waals surface area contributed by atoms with Gasteiger partial charge in [-0.05, 0) is 18.2 Å². The Balaban J connectivity index is 2.11. The molecule has 17 heavy (non-hydrogen) atoms. The molecule has 1 N–H and O–H groups in total. The van der Waals surface area contributed by atoms with E-state index in [0.29, 0.717) is 12.4 Å². The molecule has 1 aromatic carbocycles. The second kappa shape index (κ2) is 5.33. The van der Waals surface area contributed by atoms with E-state index in [9.17, 15) is 5.11 Å². The minimum atomic E-state index is -0.0463. The van der Waals surface area contributed by atoms with Gasteiger partial charge in [-0.2, -0.15) is 0 Å². The fraction of sp³-hybridized carbons (Fsp3) is 0.250. The Morgan fingerprint density at radius 3 is 2.94 bits per heavy atom. The van der Waals surface area contributed by atoms with Crippen molar-refractivity contribution in [1.29, 1.82) is 0 Å². The van der Waals surface area contributed by atoms with Crippen LogP contribution in [0.15, 0.2) is 35.1 Å². The minimum absolute atomic E-state index is 0.0463. The molecule has 0 atom stereocenters. The number of aryl methyl sites for hydroxylation is 1. The maximum Gasteiger partial charge on any atom is 0.146 e. The van der Waals surface area contributed by atoms with Crippen LogP contribution in [0.25, 0.3) is 0 Å². The zero-order valence-corrected chi connectivity index (χ0v) is 11.0. The molecule has 0 fully saturated rings. The average molecular weight is 297 g/mol. The zero-order valence-electron chi connectivity index (χ0n) is 9.43. The summed E-state index contributed by atoms with van der Waals surface area (Å²) < 4.78 is 8.47. The van der Waals surface area contributed by atoms with Crippen LogP contribution in [-0.4, -0.2) is 14.7 Å². The Bertz CT molecular complexity index is 511. The molecule has 0 saturated heterocycles. The van der Waals surface area contributed by atoms with Crippen LogP contribution in [0.3, 0.4) is 0 Å². The number of aliphatic hydroxyl groups is 1. The molecule has 0 saturated carbocycles. The zero-order chi connectivity index (χ0) is 12.3. The Kier molecular flexibility index (Phi) is 3.81. The molecular formula is C12H13BrN2O2. The number of halogens is 1. The summed E-state index contributed by atoms with van der Waals surface area (Å²) >= 11 is 3.36. The molecule has 0 amide bonds. The van der Waals surface area contributed by atoms with E-state index in [4.69, 9.17) is 4.74 Å². The molecule has 1 heterocycles. The first-order valence-electron chi connectivity index (χ1n) is 5.19. The first-order valence-corrected chi connectivity index (χ1v) is 5.98. The van der Waals surface area contributed by atoms with Gasteiger partial charge in [-0.1, -0.05) is 15.9 Å². The topological polar surface area (TPSA) is 47.3 Å². The lowest BCUT2D eigenvalue weighted by Gasteiger charge is -2.10. The maximum atomic E-state index is 9.23. The van der Waals surface area contributed by atoms with Gasteiger partial charge in [0.05, 0.1) is 6.61 Å². The fourth-order valence-electron chi connectivity index (χ4n) is 1.49. The van der Waals surface area contributed by atoms with Crippen LogP contribution in [0.4, 0.5) is 0 Å². The summed E-state index contributed by atoms with van der Waals surface area (Å²) in [5, 5.41) is 9.23. The predicted molar refractivity (Wildman–Crippen MR) is 67.6 cm³/mol. The van der Waals surface area contributed by atoms with Crippen molar-refractivity contribution in [3.8, 4) is 5.75 Å². The highest BCUT2D eigenvalue weighted by Crippen LogP contribution is 2.23. The molecule has 0 radical (unpaired) electrons. The van der Waals surface area contributed by atoms with Gasteiger partial charge in [0, 0.05) is 29.5 Å². The highest BCUT2D eigenvalue weighted by molar-refractivity contribution is 9.10. The van der Waals surface area contributed by atoms with Gasteiger partial charge in [0.15, 0.2) is 0 Å². The lowest BCUT2D eigenvalue weighted by atomic mass is 10.2. The van der Waals surface area contributed by atoms with E-state index < -0.39 is 0 Å². The molecule has 0 aliphatic heterocycles. The van der Waals surface area contributed by atoms with Gasteiger partial charge < -0.3 is 14.4 Å². The molecule has 1 aromatic heterocycles. The summed E-state index contributed by atoms with van der Waals surface area (Å²) in [5.74, 6) is 1.52. The smallest absolute Gasteiger partial charge is 0.146 e. The van der Waals surface area contributed by atoms with Crippen LogP contribution in [-0.2, 0) is 20.3 Å². The van der Waals surface area contributed by atoms with Gasteiger partial charge in [0.2, 0.25) is 0 Å². The highest BCUT2D eigenvalue weighted by atomic mass is 79.9. The number of hydrogen-bond donors (Lipinski definition) is 1. The fourth-order valence-corrected chi connectivity index (χ4v) is 1.90. The van der Waals surface area contributed by atoms with E-state index in [1.165, 1.54) is 0 Å². The summed E-state index contributed by atoms with van der Waals surface area (Å²) in [7, 11) is 1.92. The van der Waals surface area contributed by atoms with Gasteiger partial charge >= 0.3 is 0 Å². The second-order valence-corrected chi connectivity index (χ2v) is 4.57. The van der Waals surface area contributed by atoms with E-state index in [0.717, 1.165) is 15.9 Å². The quantitative estimate of drug-likeness (QED) is 0.941. The number of aliphatic hydroxyl groups excluding tert-OH is 1. The van der Waals surface area contributed by atoms with Crippen LogP contribution < -0.4 is 4.74 Å². The maximum absolute atomic E-state index is 9.23. The third-order valence-electron chi connectivity index (χ3n) is 2.47. The van der Waals surface area contributed by atoms with Crippen molar-refractivity contribution in [1.82, 2.24) is 9.55 Å². The molecule has 0 spiro atoms.